The zero-order valence-electron chi connectivity index (χ0n) is 18.2. The highest BCUT2D eigenvalue weighted by Crippen LogP contribution is 2.20. The third kappa shape index (κ3) is 4.80. The first-order chi connectivity index (χ1) is 15.5. The molecule has 0 aliphatic carbocycles. The van der Waals surface area contributed by atoms with Crippen LogP contribution in [-0.4, -0.2) is 54.1 Å². The van der Waals surface area contributed by atoms with Gasteiger partial charge in [0.2, 0.25) is 5.95 Å². The Labute approximate surface area is 186 Å². The van der Waals surface area contributed by atoms with Crippen LogP contribution in [-0.2, 0) is 6.54 Å². The molecule has 0 spiro atoms. The van der Waals surface area contributed by atoms with Crippen molar-refractivity contribution in [1.29, 1.82) is 0 Å². The minimum atomic E-state index is -0.251. The average Bonchev–Trinajstić information content (AvgIpc) is 2.83. The Bertz CT molecular complexity index is 1080. The minimum Gasteiger partial charge on any atom is -0.496 e. The smallest absolute Gasteiger partial charge is 0.257 e. The van der Waals surface area contributed by atoms with Crippen LogP contribution in [0.5, 0.6) is 5.75 Å². The molecule has 8 heteroatoms. The monoisotopic (exact) mass is 435 g/mol. The molecule has 166 valence electrons. The van der Waals surface area contributed by atoms with Gasteiger partial charge in [0.1, 0.15) is 11.6 Å². The molecule has 1 amide bonds. The molecule has 4 rings (SSSR count). The van der Waals surface area contributed by atoms with Crippen molar-refractivity contribution in [3.05, 3.63) is 77.4 Å². The minimum absolute atomic E-state index is 0.0717. The van der Waals surface area contributed by atoms with Crippen molar-refractivity contribution < 1.29 is 13.9 Å². The number of nitrogens with one attached hydrogen (secondary N) is 1. The number of methoxy groups -OCH3 is 1. The molecular formula is C24H26FN5O2. The Morgan fingerprint density at radius 2 is 1.81 bits per heavy atom. The summed E-state index contributed by atoms with van der Waals surface area (Å²) in [6.07, 6.45) is 1.58. The summed E-state index contributed by atoms with van der Waals surface area (Å²) in [7, 11) is 1.64. The molecule has 0 atom stereocenters. The maximum absolute atomic E-state index is 13.2. The number of nitrogens with zero attached hydrogens (tertiary/aromatic N) is 4. The molecule has 32 heavy (non-hydrogen) atoms. The number of carbonyl (C=O) groups is 1. The van der Waals surface area contributed by atoms with Gasteiger partial charge in [-0.3, -0.25) is 4.79 Å². The van der Waals surface area contributed by atoms with Crippen molar-refractivity contribution >= 4 is 17.5 Å². The second-order valence-electron chi connectivity index (χ2n) is 7.61. The van der Waals surface area contributed by atoms with Crippen LogP contribution in [0.15, 0.2) is 54.7 Å². The number of hydrogen-bond acceptors (Lipinski definition) is 6. The Morgan fingerprint density at radius 1 is 1.09 bits per heavy atom. The van der Waals surface area contributed by atoms with E-state index in [-0.39, 0.29) is 11.7 Å². The van der Waals surface area contributed by atoms with E-state index in [4.69, 9.17) is 4.74 Å². The lowest BCUT2D eigenvalue weighted by molar-refractivity contribution is 0.0745. The van der Waals surface area contributed by atoms with Gasteiger partial charge in [0.15, 0.2) is 0 Å². The van der Waals surface area contributed by atoms with Crippen molar-refractivity contribution in [2.24, 2.45) is 0 Å². The highest BCUT2D eigenvalue weighted by atomic mass is 19.1. The van der Waals surface area contributed by atoms with Gasteiger partial charge in [0.05, 0.1) is 18.4 Å². The van der Waals surface area contributed by atoms with E-state index in [0.717, 1.165) is 17.0 Å². The highest BCUT2D eigenvalue weighted by Gasteiger charge is 2.24. The summed E-state index contributed by atoms with van der Waals surface area (Å²) in [5.41, 5.74) is 3.09. The zero-order valence-corrected chi connectivity index (χ0v) is 18.2. The van der Waals surface area contributed by atoms with Gasteiger partial charge in [0.25, 0.3) is 5.91 Å². The molecule has 1 saturated heterocycles. The predicted octanol–water partition coefficient (Wildman–Crippen LogP) is 3.51. The Hall–Kier alpha value is -3.68. The van der Waals surface area contributed by atoms with E-state index in [1.54, 1.807) is 25.4 Å². The van der Waals surface area contributed by atoms with E-state index in [0.29, 0.717) is 49.9 Å². The molecule has 2 heterocycles. The number of anilines is 2. The molecule has 1 aromatic heterocycles. The number of rotatable bonds is 6. The topological polar surface area (TPSA) is 70.6 Å². The largest absolute Gasteiger partial charge is 0.496 e. The number of benzene rings is 2. The molecule has 0 radical (unpaired) electrons. The fraction of sp³-hybridized carbons (Fsp3) is 0.292. The fourth-order valence-corrected chi connectivity index (χ4v) is 3.78. The van der Waals surface area contributed by atoms with Crippen molar-refractivity contribution in [3.8, 4) is 5.75 Å². The summed E-state index contributed by atoms with van der Waals surface area (Å²) < 4.78 is 18.5. The quantitative estimate of drug-likeness (QED) is 0.639. The van der Waals surface area contributed by atoms with Crippen LogP contribution in [0.1, 0.15) is 21.6 Å². The van der Waals surface area contributed by atoms with E-state index in [1.807, 2.05) is 36.1 Å². The number of aromatic nitrogens is 2. The summed E-state index contributed by atoms with van der Waals surface area (Å²) in [6.45, 7) is 4.89. The number of amides is 1. The maximum Gasteiger partial charge on any atom is 0.257 e. The van der Waals surface area contributed by atoms with E-state index < -0.39 is 0 Å². The average molecular weight is 436 g/mol. The normalized spacial score (nSPS) is 13.7. The highest BCUT2D eigenvalue weighted by molar-refractivity contribution is 5.95. The lowest BCUT2D eigenvalue weighted by Crippen LogP contribution is -2.49. The van der Waals surface area contributed by atoms with E-state index in [9.17, 15) is 9.18 Å². The van der Waals surface area contributed by atoms with Gasteiger partial charge in [-0.25, -0.2) is 14.4 Å². The Kier molecular flexibility index (Phi) is 6.49. The van der Waals surface area contributed by atoms with Gasteiger partial charge in [-0.15, -0.1) is 0 Å². The van der Waals surface area contributed by atoms with Crippen molar-refractivity contribution in [3.63, 3.8) is 0 Å². The van der Waals surface area contributed by atoms with Crippen LogP contribution in [0.2, 0.25) is 0 Å². The van der Waals surface area contributed by atoms with Gasteiger partial charge < -0.3 is 19.9 Å². The predicted molar refractivity (Wildman–Crippen MR) is 122 cm³/mol. The first-order valence-electron chi connectivity index (χ1n) is 10.5. The fourth-order valence-electron chi connectivity index (χ4n) is 3.78. The van der Waals surface area contributed by atoms with Crippen LogP contribution in [0.4, 0.5) is 16.0 Å². The molecule has 1 N–H and O–H groups in total. The zero-order chi connectivity index (χ0) is 22.5. The SMILES string of the molecule is COc1ccccc1CNc1ncc(C(=O)N2CCN(c3ccc(F)cc3)CC2)c(C)n1. The van der Waals surface area contributed by atoms with Crippen molar-refractivity contribution in [2.75, 3.05) is 43.5 Å². The van der Waals surface area contributed by atoms with E-state index in [2.05, 4.69) is 20.2 Å². The Morgan fingerprint density at radius 3 is 2.50 bits per heavy atom. The number of aryl methyl sites for hydroxylation is 1. The third-order valence-corrected chi connectivity index (χ3v) is 5.60. The van der Waals surface area contributed by atoms with Gasteiger partial charge in [-0.05, 0) is 37.3 Å². The second kappa shape index (κ2) is 9.64. The number of halogens is 1. The third-order valence-electron chi connectivity index (χ3n) is 5.60. The first-order valence-corrected chi connectivity index (χ1v) is 10.5. The van der Waals surface area contributed by atoms with Gasteiger partial charge >= 0.3 is 0 Å². The molecule has 0 bridgehead atoms. The molecule has 1 fully saturated rings. The summed E-state index contributed by atoms with van der Waals surface area (Å²) in [4.78, 5) is 25.8. The number of carbonyl (C=O) groups excluding carboxylic acids is 1. The lowest BCUT2D eigenvalue weighted by atomic mass is 10.2. The van der Waals surface area contributed by atoms with E-state index >= 15 is 0 Å². The summed E-state index contributed by atoms with van der Waals surface area (Å²) in [5, 5.41) is 3.19. The molecule has 0 unspecified atom stereocenters. The first kappa shape index (κ1) is 21.5. The molecule has 1 aliphatic rings. The summed E-state index contributed by atoms with van der Waals surface area (Å²) >= 11 is 0. The number of hydrogen-bond donors (Lipinski definition) is 1. The Balaban J connectivity index is 1.36. The number of para-hydroxylation sites is 1. The molecule has 1 aliphatic heterocycles. The second-order valence-corrected chi connectivity index (χ2v) is 7.61. The van der Waals surface area contributed by atoms with Crippen molar-refractivity contribution in [1.82, 2.24) is 14.9 Å². The van der Waals surface area contributed by atoms with Gasteiger partial charge in [-0.1, -0.05) is 18.2 Å². The molecular weight excluding hydrogens is 409 g/mol. The van der Waals surface area contributed by atoms with E-state index in [1.165, 1.54) is 12.1 Å². The standard InChI is InChI=1S/C24H26FN5O2/c1-17-21(16-27-24(28-17)26-15-18-5-3-4-6-22(18)32-2)23(31)30-13-11-29(12-14-30)20-9-7-19(25)8-10-20/h3-10,16H,11-15H2,1-2H3,(H,26,27,28). The lowest BCUT2D eigenvalue weighted by Gasteiger charge is -2.36. The van der Waals surface area contributed by atoms with Crippen LogP contribution >= 0.6 is 0 Å². The molecule has 0 saturated carbocycles. The van der Waals surface area contributed by atoms with Crippen LogP contribution < -0.4 is 15.0 Å². The molecule has 2 aromatic carbocycles. The van der Waals surface area contributed by atoms with Crippen LogP contribution in [0.3, 0.4) is 0 Å². The maximum atomic E-state index is 13.2. The summed E-state index contributed by atoms with van der Waals surface area (Å²) in [6, 6.07) is 14.2. The summed E-state index contributed by atoms with van der Waals surface area (Å²) in [5.74, 6) is 0.936. The number of piperazine rings is 1. The van der Waals surface area contributed by atoms with Crippen LogP contribution in [0, 0.1) is 12.7 Å². The molecule has 7 nitrogen and oxygen atoms in total. The van der Waals surface area contributed by atoms with Gasteiger partial charge in [0, 0.05) is 50.2 Å². The number of ether oxygens (including phenoxy) is 1. The van der Waals surface area contributed by atoms with Crippen LogP contribution in [0.25, 0.3) is 0 Å². The van der Waals surface area contributed by atoms with Gasteiger partial charge in [-0.2, -0.15) is 0 Å². The van der Waals surface area contributed by atoms with Crippen molar-refractivity contribution in [2.45, 2.75) is 13.5 Å². The molecule has 3 aromatic rings.